The van der Waals surface area contributed by atoms with E-state index in [0.29, 0.717) is 26.3 Å². The summed E-state index contributed by atoms with van der Waals surface area (Å²) in [7, 11) is 0. The molecule has 0 atom stereocenters. The van der Waals surface area contributed by atoms with Crippen molar-refractivity contribution < 1.29 is 14.3 Å². The van der Waals surface area contributed by atoms with Gasteiger partial charge in [0.05, 0.1) is 25.5 Å². The number of hydrogen-bond donors (Lipinski definition) is 0. The Morgan fingerprint density at radius 2 is 2.11 bits per heavy atom. The Morgan fingerprint density at radius 3 is 2.93 bits per heavy atom. The van der Waals surface area contributed by atoms with Crippen LogP contribution in [0.4, 0.5) is 5.95 Å². The lowest BCUT2D eigenvalue weighted by Gasteiger charge is -2.30. The van der Waals surface area contributed by atoms with E-state index in [2.05, 4.69) is 9.88 Å². The van der Waals surface area contributed by atoms with Gasteiger partial charge in [-0.1, -0.05) is 12.1 Å². The van der Waals surface area contributed by atoms with E-state index in [4.69, 9.17) is 14.5 Å². The van der Waals surface area contributed by atoms with Crippen LogP contribution in [0.25, 0.3) is 0 Å². The van der Waals surface area contributed by atoms with Crippen molar-refractivity contribution in [3.05, 3.63) is 47.3 Å². The van der Waals surface area contributed by atoms with Gasteiger partial charge in [0.1, 0.15) is 5.75 Å². The molecule has 2 aliphatic rings. The van der Waals surface area contributed by atoms with Crippen LogP contribution < -0.4 is 9.64 Å². The molecule has 2 aliphatic heterocycles. The minimum absolute atomic E-state index is 0.0197. The second-order valence-corrected chi connectivity index (χ2v) is 6.91. The molecule has 4 rings (SSSR count). The number of carbonyl (C=O) groups is 1. The van der Waals surface area contributed by atoms with Crippen LogP contribution in [0.1, 0.15) is 16.8 Å². The third kappa shape index (κ3) is 4.19. The number of fused-ring (bicyclic) bond motifs is 1. The average Bonchev–Trinajstić information content (AvgIpc) is 2.72. The summed E-state index contributed by atoms with van der Waals surface area (Å²) in [6, 6.07) is 7.73. The Morgan fingerprint density at radius 1 is 1.26 bits per heavy atom. The number of rotatable bonds is 4. The molecule has 0 spiro atoms. The van der Waals surface area contributed by atoms with Gasteiger partial charge in [-0.25, -0.2) is 9.97 Å². The Hall–Kier alpha value is -2.67. The number of hydrogen-bond acceptors (Lipinski definition) is 6. The van der Waals surface area contributed by atoms with Gasteiger partial charge in [0.2, 0.25) is 5.95 Å². The molecule has 1 aromatic heterocycles. The number of carbonyl (C=O) groups excluding carboxylic acids is 1. The van der Waals surface area contributed by atoms with E-state index in [1.54, 1.807) is 0 Å². The van der Waals surface area contributed by atoms with E-state index < -0.39 is 0 Å². The molecule has 27 heavy (non-hydrogen) atoms. The van der Waals surface area contributed by atoms with Gasteiger partial charge >= 0.3 is 0 Å². The van der Waals surface area contributed by atoms with Gasteiger partial charge in [0, 0.05) is 25.8 Å². The molecule has 7 heteroatoms. The summed E-state index contributed by atoms with van der Waals surface area (Å²) in [5, 5.41) is 0. The van der Waals surface area contributed by atoms with Crippen LogP contribution in [0.5, 0.6) is 5.75 Å². The molecule has 1 aromatic carbocycles. The summed E-state index contributed by atoms with van der Waals surface area (Å²) >= 11 is 0. The molecule has 1 fully saturated rings. The molecule has 0 aliphatic carbocycles. The van der Waals surface area contributed by atoms with E-state index in [-0.39, 0.29) is 12.5 Å². The summed E-state index contributed by atoms with van der Waals surface area (Å²) in [6.07, 6.45) is 2.67. The van der Waals surface area contributed by atoms with E-state index >= 15 is 0 Å². The number of aryl methyl sites for hydroxylation is 1. The summed E-state index contributed by atoms with van der Waals surface area (Å²) < 4.78 is 11.1. The lowest BCUT2D eigenvalue weighted by Crippen LogP contribution is -2.40. The highest BCUT2D eigenvalue weighted by Crippen LogP contribution is 2.20. The average molecular weight is 368 g/mol. The molecule has 0 saturated carbocycles. The Bertz CT molecular complexity index is 821. The van der Waals surface area contributed by atoms with Crippen molar-refractivity contribution in [1.82, 2.24) is 14.9 Å². The summed E-state index contributed by atoms with van der Waals surface area (Å²) in [5.74, 6) is 1.42. The van der Waals surface area contributed by atoms with Crippen LogP contribution in [0, 0.1) is 6.92 Å². The number of aromatic nitrogens is 2. The van der Waals surface area contributed by atoms with Crippen molar-refractivity contribution in [2.45, 2.75) is 19.9 Å². The molecular formula is C20H24N4O3. The molecule has 1 amide bonds. The number of morpholine rings is 1. The van der Waals surface area contributed by atoms with Gasteiger partial charge in [-0.3, -0.25) is 4.79 Å². The molecule has 142 valence electrons. The lowest BCUT2D eigenvalue weighted by atomic mass is 10.1. The molecule has 0 radical (unpaired) electrons. The smallest absolute Gasteiger partial charge is 0.260 e. The normalized spacial score (nSPS) is 16.8. The maximum absolute atomic E-state index is 12.6. The van der Waals surface area contributed by atoms with Crippen LogP contribution >= 0.6 is 0 Å². The van der Waals surface area contributed by atoms with Crippen LogP contribution in [0.2, 0.25) is 0 Å². The monoisotopic (exact) mass is 368 g/mol. The van der Waals surface area contributed by atoms with Gasteiger partial charge in [0.15, 0.2) is 6.61 Å². The first-order valence-electron chi connectivity index (χ1n) is 9.34. The summed E-state index contributed by atoms with van der Waals surface area (Å²) in [4.78, 5) is 25.8. The molecule has 3 heterocycles. The van der Waals surface area contributed by atoms with Crippen molar-refractivity contribution in [3.63, 3.8) is 0 Å². The SMILES string of the molecule is Cc1cccc(OCC(=O)N2CCc3cnc(N4CCOCC4)nc3C2)c1. The van der Waals surface area contributed by atoms with Crippen LogP contribution in [0.15, 0.2) is 30.5 Å². The number of ether oxygens (including phenoxy) is 2. The van der Waals surface area contributed by atoms with Gasteiger partial charge in [-0.15, -0.1) is 0 Å². The van der Waals surface area contributed by atoms with Gasteiger partial charge in [-0.05, 0) is 36.6 Å². The van der Waals surface area contributed by atoms with E-state index in [1.165, 1.54) is 0 Å². The lowest BCUT2D eigenvalue weighted by molar-refractivity contribution is -0.134. The highest BCUT2D eigenvalue weighted by atomic mass is 16.5. The molecular weight excluding hydrogens is 344 g/mol. The van der Waals surface area contributed by atoms with Gasteiger partial charge < -0.3 is 19.3 Å². The van der Waals surface area contributed by atoms with Crippen molar-refractivity contribution in [2.24, 2.45) is 0 Å². The van der Waals surface area contributed by atoms with E-state index in [0.717, 1.165) is 48.0 Å². The largest absolute Gasteiger partial charge is 0.484 e. The fourth-order valence-electron chi connectivity index (χ4n) is 3.36. The zero-order valence-corrected chi connectivity index (χ0v) is 15.6. The third-order valence-corrected chi connectivity index (χ3v) is 4.93. The maximum atomic E-state index is 12.6. The minimum atomic E-state index is -0.0197. The standard InChI is InChI=1S/C20H24N4O3/c1-15-3-2-4-17(11-15)27-14-19(25)24-6-5-16-12-21-20(22-18(16)13-24)23-7-9-26-10-8-23/h2-4,11-12H,5-10,13-14H2,1H3. The molecule has 0 N–H and O–H groups in total. The number of anilines is 1. The quantitative estimate of drug-likeness (QED) is 0.816. The topological polar surface area (TPSA) is 67.8 Å². The predicted octanol–water partition coefficient (Wildman–Crippen LogP) is 1.59. The van der Waals surface area contributed by atoms with Crippen LogP contribution in [0.3, 0.4) is 0 Å². The second kappa shape index (κ2) is 7.92. The van der Waals surface area contributed by atoms with Crippen LogP contribution in [-0.4, -0.2) is 60.2 Å². The first-order valence-corrected chi connectivity index (χ1v) is 9.34. The Labute approximate surface area is 158 Å². The molecule has 0 unspecified atom stereocenters. The summed E-state index contributed by atoms with van der Waals surface area (Å²) in [6.45, 7) is 6.21. The van der Waals surface area contributed by atoms with Gasteiger partial charge in [0.25, 0.3) is 5.91 Å². The van der Waals surface area contributed by atoms with Crippen molar-refractivity contribution >= 4 is 11.9 Å². The van der Waals surface area contributed by atoms with Crippen molar-refractivity contribution in [3.8, 4) is 5.75 Å². The fraction of sp³-hybridized carbons (Fsp3) is 0.450. The van der Waals surface area contributed by atoms with Gasteiger partial charge in [-0.2, -0.15) is 0 Å². The van der Waals surface area contributed by atoms with E-state index in [1.807, 2.05) is 42.3 Å². The molecule has 0 bridgehead atoms. The van der Waals surface area contributed by atoms with Crippen molar-refractivity contribution in [2.75, 3.05) is 44.4 Å². The Balaban J connectivity index is 1.40. The van der Waals surface area contributed by atoms with Crippen molar-refractivity contribution in [1.29, 1.82) is 0 Å². The molecule has 2 aromatic rings. The second-order valence-electron chi connectivity index (χ2n) is 6.91. The molecule has 7 nitrogen and oxygen atoms in total. The maximum Gasteiger partial charge on any atom is 0.260 e. The first-order chi connectivity index (χ1) is 13.2. The molecule has 1 saturated heterocycles. The zero-order valence-electron chi connectivity index (χ0n) is 15.6. The number of amides is 1. The Kier molecular flexibility index (Phi) is 5.20. The minimum Gasteiger partial charge on any atom is -0.484 e. The highest BCUT2D eigenvalue weighted by Gasteiger charge is 2.24. The van der Waals surface area contributed by atoms with Crippen LogP contribution in [-0.2, 0) is 22.5 Å². The third-order valence-electron chi connectivity index (χ3n) is 4.93. The highest BCUT2D eigenvalue weighted by molar-refractivity contribution is 5.78. The summed E-state index contributed by atoms with van der Waals surface area (Å²) in [5.41, 5.74) is 3.16. The zero-order chi connectivity index (χ0) is 18.6. The predicted molar refractivity (Wildman–Crippen MR) is 101 cm³/mol. The number of nitrogens with zero attached hydrogens (tertiary/aromatic N) is 4. The number of benzene rings is 1. The first kappa shape index (κ1) is 17.7. The van der Waals surface area contributed by atoms with E-state index in [9.17, 15) is 4.79 Å². The fourth-order valence-corrected chi connectivity index (χ4v) is 3.36.